The molecule has 0 spiro atoms. The minimum atomic E-state index is -0.619. The molecule has 1 aromatic carbocycles. The predicted octanol–water partition coefficient (Wildman–Crippen LogP) is 2.67. The first-order chi connectivity index (χ1) is 9.10. The Morgan fingerprint density at radius 2 is 2.05 bits per heavy atom. The van der Waals surface area contributed by atoms with E-state index < -0.39 is 16.3 Å². The number of nitro benzene ring substituents is 1. The SMILES string of the molecule is CC(C)(C)NC(=O)CNc1cc(F)c(I)cc1[N+](=O)[O-]. The molecule has 0 aliphatic rings. The number of nitro groups is 1. The minimum Gasteiger partial charge on any atom is -0.370 e. The van der Waals surface area contributed by atoms with Gasteiger partial charge in [-0.3, -0.25) is 14.9 Å². The molecule has 0 unspecified atom stereocenters. The Morgan fingerprint density at radius 1 is 1.45 bits per heavy atom. The Hall–Kier alpha value is -1.45. The molecule has 8 heteroatoms. The molecule has 0 atom stereocenters. The van der Waals surface area contributed by atoms with Crippen molar-refractivity contribution in [1.29, 1.82) is 0 Å². The molecule has 0 bridgehead atoms. The van der Waals surface area contributed by atoms with Crippen LogP contribution in [0.2, 0.25) is 0 Å². The van der Waals surface area contributed by atoms with E-state index >= 15 is 0 Å². The molecule has 1 amide bonds. The molecule has 20 heavy (non-hydrogen) atoms. The van der Waals surface area contributed by atoms with Crippen LogP contribution >= 0.6 is 22.6 Å². The molecule has 0 saturated carbocycles. The van der Waals surface area contributed by atoms with Crippen LogP contribution in [0.5, 0.6) is 0 Å². The van der Waals surface area contributed by atoms with Crippen LogP contribution in [0.25, 0.3) is 0 Å². The fourth-order valence-electron chi connectivity index (χ4n) is 1.47. The van der Waals surface area contributed by atoms with Crippen LogP contribution in [-0.2, 0) is 4.79 Å². The normalized spacial score (nSPS) is 11.1. The van der Waals surface area contributed by atoms with Gasteiger partial charge in [0.2, 0.25) is 5.91 Å². The van der Waals surface area contributed by atoms with Gasteiger partial charge in [0, 0.05) is 17.7 Å². The van der Waals surface area contributed by atoms with Crippen molar-refractivity contribution in [1.82, 2.24) is 5.32 Å². The Labute approximate surface area is 129 Å². The first kappa shape index (κ1) is 16.6. The highest BCUT2D eigenvalue weighted by Gasteiger charge is 2.19. The van der Waals surface area contributed by atoms with Gasteiger partial charge in [-0.05, 0) is 43.4 Å². The van der Waals surface area contributed by atoms with E-state index in [1.54, 1.807) is 22.6 Å². The van der Waals surface area contributed by atoms with E-state index in [1.165, 1.54) is 0 Å². The molecule has 110 valence electrons. The summed E-state index contributed by atoms with van der Waals surface area (Å²) < 4.78 is 13.6. The molecule has 0 aliphatic heterocycles. The lowest BCUT2D eigenvalue weighted by atomic mass is 10.1. The highest BCUT2D eigenvalue weighted by Crippen LogP contribution is 2.28. The number of benzene rings is 1. The lowest BCUT2D eigenvalue weighted by Gasteiger charge is -2.20. The summed E-state index contributed by atoms with van der Waals surface area (Å²) in [5, 5.41) is 16.2. The van der Waals surface area contributed by atoms with Crippen LogP contribution in [-0.4, -0.2) is 22.9 Å². The molecule has 0 aromatic heterocycles. The van der Waals surface area contributed by atoms with Crippen molar-refractivity contribution in [3.05, 3.63) is 31.6 Å². The molecule has 1 rings (SSSR count). The van der Waals surface area contributed by atoms with Crippen LogP contribution in [0.15, 0.2) is 12.1 Å². The smallest absolute Gasteiger partial charge is 0.293 e. The summed E-state index contributed by atoms with van der Waals surface area (Å²) in [5.41, 5.74) is -0.682. The van der Waals surface area contributed by atoms with Gasteiger partial charge >= 0.3 is 0 Å². The predicted molar refractivity (Wildman–Crippen MR) is 82.2 cm³/mol. The number of hydrogen-bond acceptors (Lipinski definition) is 4. The van der Waals surface area contributed by atoms with Crippen molar-refractivity contribution >= 4 is 39.9 Å². The molecule has 0 aliphatic carbocycles. The zero-order chi connectivity index (χ0) is 15.5. The fourth-order valence-corrected chi connectivity index (χ4v) is 1.92. The lowest BCUT2D eigenvalue weighted by Crippen LogP contribution is -2.43. The van der Waals surface area contributed by atoms with Crippen molar-refractivity contribution in [2.75, 3.05) is 11.9 Å². The lowest BCUT2D eigenvalue weighted by molar-refractivity contribution is -0.384. The van der Waals surface area contributed by atoms with Gasteiger partial charge in [-0.15, -0.1) is 0 Å². The van der Waals surface area contributed by atoms with Crippen LogP contribution in [0.3, 0.4) is 0 Å². The molecular weight excluding hydrogens is 380 g/mol. The molecule has 0 heterocycles. The average Bonchev–Trinajstić information content (AvgIpc) is 2.27. The van der Waals surface area contributed by atoms with Crippen LogP contribution < -0.4 is 10.6 Å². The summed E-state index contributed by atoms with van der Waals surface area (Å²) in [6.45, 7) is 5.28. The van der Waals surface area contributed by atoms with Crippen molar-refractivity contribution in [2.24, 2.45) is 0 Å². The molecule has 0 radical (unpaired) electrons. The maximum Gasteiger partial charge on any atom is 0.293 e. The summed E-state index contributed by atoms with van der Waals surface area (Å²) in [7, 11) is 0. The number of amides is 1. The molecular formula is C12H15FIN3O3. The number of rotatable bonds is 4. The van der Waals surface area contributed by atoms with Crippen LogP contribution in [0.4, 0.5) is 15.8 Å². The van der Waals surface area contributed by atoms with Gasteiger partial charge in [0.25, 0.3) is 5.69 Å². The highest BCUT2D eigenvalue weighted by molar-refractivity contribution is 14.1. The van der Waals surface area contributed by atoms with Gasteiger partial charge in [-0.25, -0.2) is 4.39 Å². The first-order valence-electron chi connectivity index (χ1n) is 5.78. The second-order valence-electron chi connectivity index (χ2n) is 5.19. The number of halogens is 2. The Kier molecular flexibility index (Phi) is 5.26. The Bertz CT molecular complexity index is 543. The van der Waals surface area contributed by atoms with Crippen LogP contribution in [0.1, 0.15) is 20.8 Å². The van der Waals surface area contributed by atoms with Gasteiger partial charge in [0.05, 0.1) is 15.0 Å². The van der Waals surface area contributed by atoms with E-state index in [2.05, 4.69) is 10.6 Å². The number of carbonyl (C=O) groups excluding carboxylic acids is 1. The third-order valence-corrected chi connectivity index (χ3v) is 3.02. The zero-order valence-electron chi connectivity index (χ0n) is 11.3. The van der Waals surface area contributed by atoms with E-state index in [0.717, 1.165) is 12.1 Å². The number of anilines is 1. The topological polar surface area (TPSA) is 84.3 Å². The average molecular weight is 395 g/mol. The van der Waals surface area contributed by atoms with Gasteiger partial charge in [0.15, 0.2) is 0 Å². The summed E-state index contributed by atoms with van der Waals surface area (Å²) in [6.07, 6.45) is 0. The third kappa shape index (κ3) is 4.91. The van der Waals surface area contributed by atoms with Gasteiger partial charge in [-0.2, -0.15) is 0 Å². The highest BCUT2D eigenvalue weighted by atomic mass is 127. The first-order valence-corrected chi connectivity index (χ1v) is 6.86. The van der Waals surface area contributed by atoms with Crippen LogP contribution in [0, 0.1) is 19.5 Å². The molecule has 6 nitrogen and oxygen atoms in total. The Balaban J connectivity index is 2.85. The van der Waals surface area contributed by atoms with E-state index in [-0.39, 0.29) is 27.4 Å². The van der Waals surface area contributed by atoms with E-state index in [4.69, 9.17) is 0 Å². The van der Waals surface area contributed by atoms with Gasteiger partial charge in [-0.1, -0.05) is 0 Å². The quantitative estimate of drug-likeness (QED) is 0.467. The van der Waals surface area contributed by atoms with Gasteiger partial charge in [0.1, 0.15) is 11.5 Å². The summed E-state index contributed by atoms with van der Waals surface area (Å²) in [4.78, 5) is 21.9. The van der Waals surface area contributed by atoms with E-state index in [1.807, 2.05) is 20.8 Å². The second kappa shape index (κ2) is 6.33. The summed E-state index contributed by atoms with van der Waals surface area (Å²) >= 11 is 1.67. The molecule has 0 fully saturated rings. The minimum absolute atomic E-state index is 0.0167. The van der Waals surface area contributed by atoms with E-state index in [9.17, 15) is 19.3 Å². The fraction of sp³-hybridized carbons (Fsp3) is 0.417. The maximum atomic E-state index is 13.4. The summed E-state index contributed by atoms with van der Waals surface area (Å²) in [6, 6.07) is 2.14. The monoisotopic (exact) mass is 395 g/mol. The molecule has 2 N–H and O–H groups in total. The largest absolute Gasteiger partial charge is 0.370 e. The number of nitrogens with zero attached hydrogens (tertiary/aromatic N) is 1. The molecule has 0 saturated heterocycles. The Morgan fingerprint density at radius 3 is 2.55 bits per heavy atom. The van der Waals surface area contributed by atoms with Crippen molar-refractivity contribution in [2.45, 2.75) is 26.3 Å². The second-order valence-corrected chi connectivity index (χ2v) is 6.35. The number of hydrogen-bond donors (Lipinski definition) is 2. The van der Waals surface area contributed by atoms with E-state index in [0.29, 0.717) is 0 Å². The van der Waals surface area contributed by atoms with Crippen molar-refractivity contribution in [3.8, 4) is 0 Å². The number of nitrogens with one attached hydrogen (secondary N) is 2. The standard InChI is InChI=1S/C12H15FIN3O3/c1-12(2,3)16-11(18)6-15-9-4-7(13)8(14)5-10(9)17(19)20/h4-5,15H,6H2,1-3H3,(H,16,18). The zero-order valence-corrected chi connectivity index (χ0v) is 13.4. The summed E-state index contributed by atoms with van der Waals surface area (Å²) in [5.74, 6) is -0.902. The van der Waals surface area contributed by atoms with Crippen molar-refractivity contribution < 1.29 is 14.1 Å². The van der Waals surface area contributed by atoms with Crippen molar-refractivity contribution in [3.63, 3.8) is 0 Å². The van der Waals surface area contributed by atoms with Gasteiger partial charge < -0.3 is 10.6 Å². The maximum absolute atomic E-state index is 13.4. The third-order valence-electron chi connectivity index (χ3n) is 2.19. The number of carbonyl (C=O) groups is 1. The molecule has 1 aromatic rings.